The van der Waals surface area contributed by atoms with E-state index in [4.69, 9.17) is 10.5 Å². The van der Waals surface area contributed by atoms with Crippen LogP contribution >= 0.6 is 0 Å². The Bertz CT molecular complexity index is 442. The molecule has 0 aliphatic carbocycles. The molecule has 1 aromatic carbocycles. The molecule has 4 nitrogen and oxygen atoms in total. The Morgan fingerprint density at radius 3 is 2.56 bits per heavy atom. The number of nitrogen functional groups attached to an aromatic ring is 1. The first-order chi connectivity index (χ1) is 8.34. The molecule has 0 heterocycles. The number of nitrogens with zero attached hydrogens (tertiary/aromatic N) is 1. The summed E-state index contributed by atoms with van der Waals surface area (Å²) in [6.45, 7) is 7.82. The molecule has 0 radical (unpaired) electrons. The molecule has 1 amide bonds. The number of anilines is 1. The van der Waals surface area contributed by atoms with Crippen molar-refractivity contribution in [3.63, 3.8) is 0 Å². The lowest BCUT2D eigenvalue weighted by atomic mass is 10.1. The number of nitrogens with two attached hydrogens (primary N) is 1. The highest BCUT2D eigenvalue weighted by Crippen LogP contribution is 2.27. The maximum absolute atomic E-state index is 11.8. The van der Waals surface area contributed by atoms with Crippen LogP contribution in [0.2, 0.25) is 0 Å². The van der Waals surface area contributed by atoms with Crippen molar-refractivity contribution in [1.82, 2.24) is 4.90 Å². The fourth-order valence-electron chi connectivity index (χ4n) is 1.59. The molecule has 0 saturated heterocycles. The molecule has 18 heavy (non-hydrogen) atoms. The van der Waals surface area contributed by atoms with Gasteiger partial charge < -0.3 is 15.4 Å². The van der Waals surface area contributed by atoms with Crippen LogP contribution in [0.4, 0.5) is 5.69 Å². The maximum atomic E-state index is 11.8. The number of amides is 1. The summed E-state index contributed by atoms with van der Waals surface area (Å²) in [4.78, 5) is 13.5. The quantitative estimate of drug-likeness (QED) is 0.833. The highest BCUT2D eigenvalue weighted by Gasteiger charge is 2.14. The molecule has 0 aliphatic heterocycles. The van der Waals surface area contributed by atoms with E-state index in [1.165, 1.54) is 0 Å². The molecule has 0 spiro atoms. The highest BCUT2D eigenvalue weighted by atomic mass is 16.5. The van der Waals surface area contributed by atoms with Crippen molar-refractivity contribution in [3.8, 4) is 5.75 Å². The third kappa shape index (κ3) is 3.15. The molecule has 0 unspecified atom stereocenters. The number of hydrogen-bond donors (Lipinski definition) is 1. The second-order valence-corrected chi connectivity index (χ2v) is 4.81. The van der Waals surface area contributed by atoms with E-state index >= 15 is 0 Å². The van der Waals surface area contributed by atoms with Crippen LogP contribution in [0.3, 0.4) is 0 Å². The van der Waals surface area contributed by atoms with E-state index in [2.05, 4.69) is 0 Å². The molecule has 0 fully saturated rings. The Kier molecular flexibility index (Phi) is 4.59. The van der Waals surface area contributed by atoms with Crippen molar-refractivity contribution < 1.29 is 9.53 Å². The molecule has 2 N–H and O–H groups in total. The molecule has 1 rings (SSSR count). The predicted octanol–water partition coefficient (Wildman–Crippen LogP) is 2.13. The number of likely N-dealkylation sites (N-methyl/N-ethyl adjacent to an activating group) is 1. The Morgan fingerprint density at radius 1 is 1.39 bits per heavy atom. The molecular weight excluding hydrogens is 228 g/mol. The van der Waals surface area contributed by atoms with E-state index in [0.717, 1.165) is 11.1 Å². The Hall–Kier alpha value is -1.71. The smallest absolute Gasteiger partial charge is 0.260 e. The Balaban J connectivity index is 2.76. The third-order valence-electron chi connectivity index (χ3n) is 3.15. The minimum absolute atomic E-state index is 0.0359. The number of hydrogen-bond acceptors (Lipinski definition) is 3. The normalized spacial score (nSPS) is 10.6. The van der Waals surface area contributed by atoms with Gasteiger partial charge in [-0.2, -0.15) is 0 Å². The molecule has 0 aromatic heterocycles. The Labute approximate surface area is 109 Å². The second kappa shape index (κ2) is 5.76. The standard InChI is InChI=1S/C14H22N2O2/c1-9(2)16(5)13(17)8-18-14-10(3)6-7-12(15)11(14)4/h6-7,9H,8,15H2,1-5H3. The van der Waals surface area contributed by atoms with Gasteiger partial charge in [-0.25, -0.2) is 0 Å². The van der Waals surface area contributed by atoms with Crippen LogP contribution in [0.5, 0.6) is 5.75 Å². The van der Waals surface area contributed by atoms with Crippen LogP contribution in [0.15, 0.2) is 12.1 Å². The summed E-state index contributed by atoms with van der Waals surface area (Å²) in [5.41, 5.74) is 8.38. The van der Waals surface area contributed by atoms with Crippen molar-refractivity contribution in [2.24, 2.45) is 0 Å². The van der Waals surface area contributed by atoms with Crippen molar-refractivity contribution >= 4 is 11.6 Å². The van der Waals surface area contributed by atoms with E-state index < -0.39 is 0 Å². The predicted molar refractivity (Wildman–Crippen MR) is 73.7 cm³/mol. The number of ether oxygens (including phenoxy) is 1. The monoisotopic (exact) mass is 250 g/mol. The molecule has 0 bridgehead atoms. The average Bonchev–Trinajstić information content (AvgIpc) is 2.32. The summed E-state index contributed by atoms with van der Waals surface area (Å²) < 4.78 is 5.61. The van der Waals surface area contributed by atoms with E-state index in [0.29, 0.717) is 11.4 Å². The van der Waals surface area contributed by atoms with Gasteiger partial charge in [0.25, 0.3) is 5.91 Å². The van der Waals surface area contributed by atoms with Gasteiger partial charge in [0.2, 0.25) is 0 Å². The number of carbonyl (C=O) groups excluding carboxylic acids is 1. The van der Waals surface area contributed by atoms with E-state index in [9.17, 15) is 4.79 Å². The fraction of sp³-hybridized carbons (Fsp3) is 0.500. The van der Waals surface area contributed by atoms with E-state index in [1.54, 1.807) is 11.9 Å². The van der Waals surface area contributed by atoms with Gasteiger partial charge in [0.1, 0.15) is 5.75 Å². The molecular formula is C14H22N2O2. The SMILES string of the molecule is Cc1ccc(N)c(C)c1OCC(=O)N(C)C(C)C. The molecule has 0 atom stereocenters. The van der Waals surface area contributed by atoms with Gasteiger partial charge >= 0.3 is 0 Å². The topological polar surface area (TPSA) is 55.6 Å². The first kappa shape index (κ1) is 14.4. The maximum Gasteiger partial charge on any atom is 0.260 e. The zero-order valence-corrected chi connectivity index (χ0v) is 11.8. The van der Waals surface area contributed by atoms with Gasteiger partial charge in [-0.05, 0) is 39.3 Å². The average molecular weight is 250 g/mol. The number of carbonyl (C=O) groups is 1. The summed E-state index contributed by atoms with van der Waals surface area (Å²) in [7, 11) is 1.77. The minimum Gasteiger partial charge on any atom is -0.483 e. The lowest BCUT2D eigenvalue weighted by Gasteiger charge is -2.22. The van der Waals surface area contributed by atoms with Gasteiger partial charge in [0.15, 0.2) is 6.61 Å². The van der Waals surface area contributed by atoms with Gasteiger partial charge in [-0.15, -0.1) is 0 Å². The first-order valence-corrected chi connectivity index (χ1v) is 6.08. The molecule has 1 aromatic rings. The Morgan fingerprint density at radius 2 is 2.00 bits per heavy atom. The van der Waals surface area contributed by atoms with E-state index in [1.807, 2.05) is 39.8 Å². The summed E-state index contributed by atoms with van der Waals surface area (Å²) in [6.07, 6.45) is 0. The lowest BCUT2D eigenvalue weighted by molar-refractivity contribution is -0.133. The third-order valence-corrected chi connectivity index (χ3v) is 3.15. The zero-order valence-electron chi connectivity index (χ0n) is 11.8. The van der Waals surface area contributed by atoms with Crippen LogP contribution in [-0.2, 0) is 4.79 Å². The van der Waals surface area contributed by atoms with Crippen LogP contribution in [0.25, 0.3) is 0 Å². The van der Waals surface area contributed by atoms with E-state index in [-0.39, 0.29) is 18.6 Å². The molecule has 4 heteroatoms. The molecule has 0 saturated carbocycles. The van der Waals surface area contributed by atoms with Crippen LogP contribution < -0.4 is 10.5 Å². The van der Waals surface area contributed by atoms with Crippen LogP contribution in [0, 0.1) is 13.8 Å². The van der Waals surface area contributed by atoms with Gasteiger partial charge in [-0.1, -0.05) is 6.07 Å². The molecule has 0 aliphatic rings. The van der Waals surface area contributed by atoms with Crippen LogP contribution in [-0.4, -0.2) is 30.5 Å². The van der Waals surface area contributed by atoms with Crippen molar-refractivity contribution in [2.75, 3.05) is 19.4 Å². The van der Waals surface area contributed by atoms with Crippen molar-refractivity contribution in [1.29, 1.82) is 0 Å². The van der Waals surface area contributed by atoms with Gasteiger partial charge in [-0.3, -0.25) is 4.79 Å². The highest BCUT2D eigenvalue weighted by molar-refractivity contribution is 5.78. The fourth-order valence-corrected chi connectivity index (χ4v) is 1.59. The number of benzene rings is 1. The summed E-state index contributed by atoms with van der Waals surface area (Å²) in [6, 6.07) is 3.91. The second-order valence-electron chi connectivity index (χ2n) is 4.81. The van der Waals surface area contributed by atoms with Crippen LogP contribution in [0.1, 0.15) is 25.0 Å². The van der Waals surface area contributed by atoms with Gasteiger partial charge in [0.05, 0.1) is 0 Å². The van der Waals surface area contributed by atoms with Gasteiger partial charge in [0, 0.05) is 24.3 Å². The summed E-state index contributed by atoms with van der Waals surface area (Å²) in [5, 5.41) is 0. The lowest BCUT2D eigenvalue weighted by Crippen LogP contribution is -2.36. The zero-order chi connectivity index (χ0) is 13.9. The minimum atomic E-state index is -0.0359. The summed E-state index contributed by atoms with van der Waals surface area (Å²) >= 11 is 0. The number of rotatable bonds is 4. The van der Waals surface area contributed by atoms with Crippen molar-refractivity contribution in [3.05, 3.63) is 23.3 Å². The first-order valence-electron chi connectivity index (χ1n) is 6.08. The van der Waals surface area contributed by atoms with Crippen molar-refractivity contribution in [2.45, 2.75) is 33.7 Å². The summed E-state index contributed by atoms with van der Waals surface area (Å²) in [5.74, 6) is 0.673. The largest absolute Gasteiger partial charge is 0.483 e. The number of aryl methyl sites for hydroxylation is 1. The molecule has 100 valence electrons.